The molecule has 0 aliphatic carbocycles. The Labute approximate surface area is 78.0 Å². The summed E-state index contributed by atoms with van der Waals surface area (Å²) in [6.07, 6.45) is 0. The minimum Gasteiger partial charge on any atom is -0.508 e. The van der Waals surface area contributed by atoms with Crippen LogP contribution in [0, 0.1) is 0 Å². The molecule has 72 valence electrons. The number of phenolic OH excluding ortho intramolecular Hbond substituents is 1. The predicted octanol–water partition coefficient (Wildman–Crippen LogP) is 2.21. The van der Waals surface area contributed by atoms with Crippen molar-refractivity contribution in [2.75, 3.05) is 7.11 Å². The van der Waals surface area contributed by atoms with E-state index in [1.807, 2.05) is 13.8 Å². The molecule has 13 heavy (non-hydrogen) atoms. The van der Waals surface area contributed by atoms with Crippen molar-refractivity contribution in [1.82, 2.24) is 0 Å². The van der Waals surface area contributed by atoms with E-state index in [0.29, 0.717) is 5.56 Å². The van der Waals surface area contributed by atoms with Crippen LogP contribution in [0.2, 0.25) is 0 Å². The van der Waals surface area contributed by atoms with E-state index in [-0.39, 0.29) is 5.75 Å². The number of phenols is 1. The Bertz CT molecular complexity index is 251. The first-order valence-electron chi connectivity index (χ1n) is 4.11. The Morgan fingerprint density at radius 2 is 1.69 bits per heavy atom. The Balaban J connectivity index is 0.000000671. The van der Waals surface area contributed by atoms with Gasteiger partial charge in [-0.3, -0.25) is 0 Å². The largest absolute Gasteiger partial charge is 0.508 e. The van der Waals surface area contributed by atoms with Gasteiger partial charge in [-0.15, -0.1) is 0 Å². The standard InChI is InChI=1S/C8H8O3.C2H6/c1-11-8(10)6-2-4-7(9)5-3-6;1-2/h2-5,9H,1H3;1-2H3. The van der Waals surface area contributed by atoms with E-state index in [1.54, 1.807) is 0 Å². The highest BCUT2D eigenvalue weighted by molar-refractivity contribution is 5.89. The summed E-state index contributed by atoms with van der Waals surface area (Å²) in [6, 6.07) is 5.88. The molecule has 0 radical (unpaired) electrons. The third-order valence-corrected chi connectivity index (χ3v) is 1.29. The molecule has 1 N–H and O–H groups in total. The minimum absolute atomic E-state index is 0.137. The topological polar surface area (TPSA) is 46.5 Å². The number of carbonyl (C=O) groups is 1. The van der Waals surface area contributed by atoms with Crippen molar-refractivity contribution in [3.8, 4) is 5.75 Å². The number of esters is 1. The summed E-state index contributed by atoms with van der Waals surface area (Å²) in [5.74, 6) is -0.261. The first-order valence-corrected chi connectivity index (χ1v) is 4.11. The molecule has 1 aromatic carbocycles. The van der Waals surface area contributed by atoms with Gasteiger partial charge in [0.15, 0.2) is 0 Å². The maximum atomic E-state index is 10.8. The van der Waals surface area contributed by atoms with Gasteiger partial charge in [-0.1, -0.05) is 13.8 Å². The van der Waals surface area contributed by atoms with Crippen LogP contribution in [0.5, 0.6) is 5.75 Å². The SMILES string of the molecule is CC.COC(=O)c1ccc(O)cc1. The van der Waals surface area contributed by atoms with Crippen LogP contribution in [0.4, 0.5) is 0 Å². The van der Waals surface area contributed by atoms with Crippen LogP contribution in [0.3, 0.4) is 0 Å². The smallest absolute Gasteiger partial charge is 0.337 e. The molecule has 0 aliphatic rings. The van der Waals surface area contributed by atoms with Crippen LogP contribution < -0.4 is 0 Å². The molecule has 3 heteroatoms. The van der Waals surface area contributed by atoms with Gasteiger partial charge in [-0.05, 0) is 24.3 Å². The quantitative estimate of drug-likeness (QED) is 0.677. The van der Waals surface area contributed by atoms with E-state index >= 15 is 0 Å². The second kappa shape index (κ2) is 6.06. The van der Waals surface area contributed by atoms with E-state index in [1.165, 1.54) is 31.4 Å². The Morgan fingerprint density at radius 1 is 1.23 bits per heavy atom. The number of hydrogen-bond donors (Lipinski definition) is 1. The van der Waals surface area contributed by atoms with Crippen LogP contribution in [0.1, 0.15) is 24.2 Å². The maximum Gasteiger partial charge on any atom is 0.337 e. The molecular weight excluding hydrogens is 168 g/mol. The third-order valence-electron chi connectivity index (χ3n) is 1.29. The molecule has 0 amide bonds. The number of aromatic hydroxyl groups is 1. The van der Waals surface area contributed by atoms with Gasteiger partial charge in [-0.25, -0.2) is 4.79 Å². The molecule has 0 spiro atoms. The van der Waals surface area contributed by atoms with Gasteiger partial charge in [0.25, 0.3) is 0 Å². The first-order chi connectivity index (χ1) is 6.24. The lowest BCUT2D eigenvalue weighted by atomic mass is 10.2. The van der Waals surface area contributed by atoms with Gasteiger partial charge >= 0.3 is 5.97 Å². The molecule has 0 unspecified atom stereocenters. The van der Waals surface area contributed by atoms with Crippen LogP contribution in [-0.4, -0.2) is 18.2 Å². The second-order valence-electron chi connectivity index (χ2n) is 2.04. The van der Waals surface area contributed by atoms with Crippen LogP contribution in [0.25, 0.3) is 0 Å². The van der Waals surface area contributed by atoms with Crippen molar-refractivity contribution in [3.05, 3.63) is 29.8 Å². The van der Waals surface area contributed by atoms with Crippen molar-refractivity contribution in [1.29, 1.82) is 0 Å². The lowest BCUT2D eigenvalue weighted by Gasteiger charge is -1.97. The van der Waals surface area contributed by atoms with E-state index in [9.17, 15) is 4.79 Å². The minimum atomic E-state index is -0.398. The fourth-order valence-corrected chi connectivity index (χ4v) is 0.715. The Hall–Kier alpha value is -1.51. The van der Waals surface area contributed by atoms with Crippen LogP contribution in [0.15, 0.2) is 24.3 Å². The molecule has 3 nitrogen and oxygen atoms in total. The average molecular weight is 182 g/mol. The normalized spacial score (nSPS) is 8.23. The molecule has 0 heterocycles. The third kappa shape index (κ3) is 3.60. The van der Waals surface area contributed by atoms with Crippen LogP contribution in [-0.2, 0) is 4.74 Å². The summed E-state index contributed by atoms with van der Waals surface area (Å²) in [7, 11) is 1.31. The van der Waals surface area contributed by atoms with Gasteiger partial charge in [0.2, 0.25) is 0 Å². The number of benzene rings is 1. The molecular formula is C10H14O3. The summed E-state index contributed by atoms with van der Waals surface area (Å²) in [6.45, 7) is 4.00. The highest BCUT2D eigenvalue weighted by atomic mass is 16.5. The number of rotatable bonds is 1. The maximum absolute atomic E-state index is 10.8. The number of methoxy groups -OCH3 is 1. The van der Waals surface area contributed by atoms with Crippen molar-refractivity contribution in [3.63, 3.8) is 0 Å². The molecule has 0 saturated carbocycles. The first kappa shape index (κ1) is 11.5. The lowest BCUT2D eigenvalue weighted by molar-refractivity contribution is 0.0601. The molecule has 0 aromatic heterocycles. The summed E-state index contributed by atoms with van der Waals surface area (Å²) in [5.41, 5.74) is 0.435. The fourth-order valence-electron chi connectivity index (χ4n) is 0.715. The molecule has 0 fully saturated rings. The Morgan fingerprint density at radius 3 is 2.08 bits per heavy atom. The zero-order chi connectivity index (χ0) is 10.3. The summed E-state index contributed by atoms with van der Waals surface area (Å²) >= 11 is 0. The van der Waals surface area contributed by atoms with Crippen molar-refractivity contribution < 1.29 is 14.6 Å². The summed E-state index contributed by atoms with van der Waals surface area (Å²) < 4.78 is 4.46. The van der Waals surface area contributed by atoms with E-state index < -0.39 is 5.97 Å². The Kier molecular flexibility index (Phi) is 5.35. The average Bonchev–Trinajstić information content (AvgIpc) is 2.21. The predicted molar refractivity (Wildman–Crippen MR) is 50.8 cm³/mol. The zero-order valence-electron chi connectivity index (χ0n) is 8.07. The van der Waals surface area contributed by atoms with Crippen molar-refractivity contribution in [2.24, 2.45) is 0 Å². The van der Waals surface area contributed by atoms with Gasteiger partial charge in [-0.2, -0.15) is 0 Å². The van der Waals surface area contributed by atoms with Gasteiger partial charge in [0.05, 0.1) is 12.7 Å². The monoisotopic (exact) mass is 182 g/mol. The van der Waals surface area contributed by atoms with E-state index in [0.717, 1.165) is 0 Å². The van der Waals surface area contributed by atoms with Crippen molar-refractivity contribution >= 4 is 5.97 Å². The van der Waals surface area contributed by atoms with Crippen molar-refractivity contribution in [2.45, 2.75) is 13.8 Å². The number of ether oxygens (including phenoxy) is 1. The number of carbonyl (C=O) groups excluding carboxylic acids is 1. The van der Waals surface area contributed by atoms with Gasteiger partial charge in [0, 0.05) is 0 Å². The molecule has 0 saturated heterocycles. The van der Waals surface area contributed by atoms with E-state index in [2.05, 4.69) is 4.74 Å². The van der Waals surface area contributed by atoms with Gasteiger partial charge < -0.3 is 9.84 Å². The van der Waals surface area contributed by atoms with Gasteiger partial charge in [0.1, 0.15) is 5.75 Å². The zero-order valence-corrected chi connectivity index (χ0v) is 8.07. The highest BCUT2D eigenvalue weighted by Gasteiger charge is 2.02. The highest BCUT2D eigenvalue weighted by Crippen LogP contribution is 2.09. The second-order valence-corrected chi connectivity index (χ2v) is 2.04. The summed E-state index contributed by atoms with van der Waals surface area (Å²) in [4.78, 5) is 10.8. The molecule has 0 aliphatic heterocycles. The van der Waals surface area contributed by atoms with E-state index in [4.69, 9.17) is 5.11 Å². The molecule has 1 rings (SSSR count). The van der Waals surface area contributed by atoms with Crippen LogP contribution >= 0.6 is 0 Å². The lowest BCUT2D eigenvalue weighted by Crippen LogP contribution is -1.99. The molecule has 0 bridgehead atoms. The fraction of sp³-hybridized carbons (Fsp3) is 0.300. The summed E-state index contributed by atoms with van der Waals surface area (Å²) in [5, 5.41) is 8.86. The number of hydrogen-bond acceptors (Lipinski definition) is 3. The molecule has 0 atom stereocenters. The molecule has 1 aromatic rings.